The number of rotatable bonds is 2. The average molecular weight is 362 g/mol. The van der Waals surface area contributed by atoms with Crippen molar-refractivity contribution in [1.29, 1.82) is 0 Å². The Balaban J connectivity index is 1.75. The van der Waals surface area contributed by atoms with Gasteiger partial charge in [0.2, 0.25) is 0 Å². The topological polar surface area (TPSA) is 87.4 Å². The number of hydrogen-bond acceptors (Lipinski definition) is 7. The molecule has 3 heterocycles. The van der Waals surface area contributed by atoms with Gasteiger partial charge in [0.15, 0.2) is 11.6 Å². The highest BCUT2D eigenvalue weighted by atomic mass is 16.8. The van der Waals surface area contributed by atoms with E-state index in [4.69, 9.17) is 23.4 Å². The fourth-order valence-electron chi connectivity index (χ4n) is 3.54. The molecule has 0 bridgehead atoms. The van der Waals surface area contributed by atoms with Gasteiger partial charge in [0, 0.05) is 0 Å². The summed E-state index contributed by atoms with van der Waals surface area (Å²) in [5, 5.41) is 10.6. The van der Waals surface area contributed by atoms with Crippen molar-refractivity contribution in [2.75, 3.05) is 6.61 Å². The van der Waals surface area contributed by atoms with Gasteiger partial charge < -0.3 is 28.5 Å². The van der Waals surface area contributed by atoms with Crippen LogP contribution in [0.15, 0.2) is 33.5 Å². The zero-order valence-electron chi connectivity index (χ0n) is 15.1. The first-order valence-electron chi connectivity index (χ1n) is 8.58. The van der Waals surface area contributed by atoms with Crippen LogP contribution in [0.3, 0.4) is 0 Å². The van der Waals surface area contributed by atoms with Gasteiger partial charge in [-0.25, -0.2) is 4.79 Å². The van der Waals surface area contributed by atoms with E-state index in [9.17, 15) is 9.90 Å². The van der Waals surface area contributed by atoms with Crippen molar-refractivity contribution >= 4 is 10.8 Å². The lowest BCUT2D eigenvalue weighted by atomic mass is 10.0. The van der Waals surface area contributed by atoms with Crippen LogP contribution in [-0.2, 0) is 18.9 Å². The first kappa shape index (κ1) is 17.5. The van der Waals surface area contributed by atoms with Gasteiger partial charge >= 0.3 is 5.63 Å². The second-order valence-corrected chi connectivity index (χ2v) is 7.57. The molecule has 1 N–H and O–H groups in total. The Hall–Kier alpha value is -1.93. The number of phenolic OH excluding ortho intramolecular Hbond substituents is 1. The fraction of sp³-hybridized carbons (Fsp3) is 0.526. The van der Waals surface area contributed by atoms with Gasteiger partial charge in [-0.3, -0.25) is 0 Å². The number of phenols is 1. The lowest BCUT2D eigenvalue weighted by Crippen LogP contribution is -2.35. The normalized spacial score (nSPS) is 30.1. The quantitative estimate of drug-likeness (QED) is 0.879. The summed E-state index contributed by atoms with van der Waals surface area (Å²) in [4.78, 5) is 12.4. The van der Waals surface area contributed by atoms with Crippen LogP contribution in [0, 0.1) is 0 Å². The molecule has 1 aromatic carbocycles. The summed E-state index contributed by atoms with van der Waals surface area (Å²) in [6.45, 7) is 7.62. The molecule has 4 rings (SSSR count). The first-order valence-corrected chi connectivity index (χ1v) is 8.58. The summed E-state index contributed by atoms with van der Waals surface area (Å²) in [5.74, 6) is -1.35. The monoisotopic (exact) mass is 362 g/mol. The highest BCUT2D eigenvalue weighted by Crippen LogP contribution is 2.43. The minimum atomic E-state index is -0.863. The molecular formula is C19H22O7. The van der Waals surface area contributed by atoms with E-state index in [1.807, 2.05) is 13.8 Å². The summed E-state index contributed by atoms with van der Waals surface area (Å²) < 4.78 is 29.1. The van der Waals surface area contributed by atoms with Crippen molar-refractivity contribution in [2.45, 2.75) is 57.6 Å². The predicted molar refractivity (Wildman–Crippen MR) is 91.8 cm³/mol. The first-order chi connectivity index (χ1) is 12.2. The third kappa shape index (κ3) is 3.01. The minimum Gasteiger partial charge on any atom is -0.507 e. The molecule has 0 aliphatic carbocycles. The molecule has 7 heteroatoms. The van der Waals surface area contributed by atoms with Gasteiger partial charge in [0.1, 0.15) is 35.2 Å². The van der Waals surface area contributed by atoms with Crippen molar-refractivity contribution in [3.8, 4) is 5.75 Å². The number of fused-ring (bicyclic) bond motifs is 1. The van der Waals surface area contributed by atoms with Crippen LogP contribution in [0.2, 0.25) is 0 Å². The molecule has 2 aromatic rings. The van der Waals surface area contributed by atoms with E-state index >= 15 is 0 Å². The van der Waals surface area contributed by atoms with Gasteiger partial charge in [-0.1, -0.05) is 12.1 Å². The molecule has 7 nitrogen and oxygen atoms in total. The summed E-state index contributed by atoms with van der Waals surface area (Å²) in [6.07, 6.45) is -1.49. The smallest absolute Gasteiger partial charge is 0.347 e. The third-order valence-electron chi connectivity index (χ3n) is 4.59. The molecule has 0 spiro atoms. The van der Waals surface area contributed by atoms with Crippen LogP contribution in [0.5, 0.6) is 5.75 Å². The summed E-state index contributed by atoms with van der Waals surface area (Å²) in [5.41, 5.74) is -0.619. The molecule has 0 saturated carbocycles. The van der Waals surface area contributed by atoms with E-state index in [-0.39, 0.29) is 17.2 Å². The molecule has 2 saturated heterocycles. The molecule has 2 aliphatic heterocycles. The van der Waals surface area contributed by atoms with E-state index in [1.165, 1.54) is 6.07 Å². The van der Waals surface area contributed by atoms with E-state index in [1.54, 1.807) is 32.0 Å². The predicted octanol–water partition coefficient (Wildman–Crippen LogP) is 2.84. The zero-order chi connectivity index (χ0) is 18.7. The second-order valence-electron chi connectivity index (χ2n) is 7.57. The van der Waals surface area contributed by atoms with Crippen molar-refractivity contribution in [3.63, 3.8) is 0 Å². The van der Waals surface area contributed by atoms with E-state index in [2.05, 4.69) is 0 Å². The Kier molecular flexibility index (Phi) is 3.89. The molecule has 0 radical (unpaired) electrons. The van der Waals surface area contributed by atoms with Crippen LogP contribution in [-0.4, -0.2) is 35.5 Å². The highest BCUT2D eigenvalue weighted by molar-refractivity contribution is 5.86. The number of benzene rings is 1. The molecule has 26 heavy (non-hydrogen) atoms. The van der Waals surface area contributed by atoms with Crippen LogP contribution < -0.4 is 5.63 Å². The van der Waals surface area contributed by atoms with Crippen molar-refractivity contribution in [2.24, 2.45) is 0 Å². The summed E-state index contributed by atoms with van der Waals surface area (Å²) in [7, 11) is 0. The number of aromatic hydroxyl groups is 1. The maximum absolute atomic E-state index is 12.4. The number of hydrogen-bond donors (Lipinski definition) is 1. The molecule has 1 aromatic heterocycles. The molecule has 0 unspecified atom stereocenters. The molecule has 2 aliphatic rings. The van der Waals surface area contributed by atoms with Gasteiger partial charge in [-0.15, -0.1) is 0 Å². The van der Waals surface area contributed by atoms with E-state index in [0.29, 0.717) is 17.8 Å². The summed E-state index contributed by atoms with van der Waals surface area (Å²) in [6, 6.07) is 6.56. The van der Waals surface area contributed by atoms with Gasteiger partial charge in [-0.2, -0.15) is 0 Å². The second kappa shape index (κ2) is 5.79. The molecule has 140 valence electrons. The maximum atomic E-state index is 12.4. The van der Waals surface area contributed by atoms with Crippen LogP contribution >= 0.6 is 0 Å². The van der Waals surface area contributed by atoms with Crippen molar-refractivity contribution < 1.29 is 28.5 Å². The minimum absolute atomic E-state index is 0.113. The Morgan fingerprint density at radius 1 is 1.08 bits per heavy atom. The van der Waals surface area contributed by atoms with Gasteiger partial charge in [-0.05, 0) is 45.2 Å². The lowest BCUT2D eigenvalue weighted by molar-refractivity contribution is -0.174. The van der Waals surface area contributed by atoms with Crippen LogP contribution in [0.1, 0.15) is 39.6 Å². The molecule has 0 amide bonds. The average Bonchev–Trinajstić information content (AvgIpc) is 3.06. The Morgan fingerprint density at radius 3 is 2.54 bits per heavy atom. The van der Waals surface area contributed by atoms with Crippen molar-refractivity contribution in [1.82, 2.24) is 0 Å². The third-order valence-corrected chi connectivity index (χ3v) is 4.59. The van der Waals surface area contributed by atoms with Gasteiger partial charge in [0.05, 0.1) is 6.61 Å². The lowest BCUT2D eigenvalue weighted by Gasteiger charge is -2.23. The van der Waals surface area contributed by atoms with E-state index in [0.717, 1.165) is 0 Å². The van der Waals surface area contributed by atoms with E-state index < -0.39 is 29.4 Å². The van der Waals surface area contributed by atoms with Crippen molar-refractivity contribution in [3.05, 3.63) is 40.4 Å². The Labute approximate surface area is 150 Å². The van der Waals surface area contributed by atoms with Crippen LogP contribution in [0.4, 0.5) is 0 Å². The molecule has 2 fully saturated rings. The largest absolute Gasteiger partial charge is 0.507 e. The van der Waals surface area contributed by atoms with Gasteiger partial charge in [0.25, 0.3) is 0 Å². The maximum Gasteiger partial charge on any atom is 0.347 e. The highest BCUT2D eigenvalue weighted by Gasteiger charge is 2.51. The van der Waals surface area contributed by atoms with Crippen LogP contribution in [0.25, 0.3) is 10.8 Å². The molecular weight excluding hydrogens is 340 g/mol. The summed E-state index contributed by atoms with van der Waals surface area (Å²) >= 11 is 0. The molecule has 3 atom stereocenters. The number of ether oxygens (including phenoxy) is 4. The SMILES string of the molecule is CC1(C)O[C@H]([C@H]2COC(C)(C)O2)[C@@H](c2cc3cccc(O)c3c(=O)o2)O1. The fourth-order valence-corrected chi connectivity index (χ4v) is 3.54. The zero-order valence-corrected chi connectivity index (χ0v) is 15.1. The Bertz CT molecular complexity index is 898. The Morgan fingerprint density at radius 2 is 1.85 bits per heavy atom. The standard InChI is InChI=1S/C19H22O7/c1-18(2)22-9-13(24-18)16-15(25-19(3,4)26-16)12-8-10-6-5-7-11(20)14(10)17(21)23-12/h5-8,13,15-16,20H,9H2,1-4H3/t13-,15-,16-/m1/s1.